The number of para-hydroxylation sites is 1. The van der Waals surface area contributed by atoms with Gasteiger partial charge in [0, 0.05) is 6.07 Å². The van der Waals surface area contributed by atoms with Gasteiger partial charge in [-0.3, -0.25) is 0 Å². The maximum atomic E-state index is 13.2. The second-order valence-electron chi connectivity index (χ2n) is 8.62. The molecule has 196 valence electrons. The largest absolute Gasteiger partial charge is 0.494 e. The molecule has 0 unspecified atom stereocenters. The first-order chi connectivity index (χ1) is 18.5. The van der Waals surface area contributed by atoms with E-state index in [1.54, 1.807) is 61.7 Å². The number of nitrogens with zero attached hydrogens (tertiary/aromatic N) is 3. The number of anilines is 4. The van der Waals surface area contributed by atoms with E-state index >= 15 is 0 Å². The van der Waals surface area contributed by atoms with Gasteiger partial charge in [0.2, 0.25) is 21.7 Å². The SMILES string of the molecule is COc1cc(OC2CCNCC2)ccc1Nc1ncnc(Nc2ccccc2S(=O)(=O)c2ccccc2)n1. The molecule has 1 aliphatic rings. The van der Waals surface area contributed by atoms with Gasteiger partial charge in [-0.15, -0.1) is 0 Å². The van der Waals surface area contributed by atoms with Gasteiger partial charge in [-0.05, 0) is 62.3 Å². The summed E-state index contributed by atoms with van der Waals surface area (Å²) in [5.41, 5.74) is 1.000. The Morgan fingerprint density at radius 1 is 0.868 bits per heavy atom. The molecule has 0 atom stereocenters. The second-order valence-corrected chi connectivity index (χ2v) is 10.5. The topological polar surface area (TPSA) is 127 Å². The van der Waals surface area contributed by atoms with Crippen LogP contribution in [0.15, 0.2) is 88.9 Å². The third kappa shape index (κ3) is 5.84. The second kappa shape index (κ2) is 11.4. The van der Waals surface area contributed by atoms with E-state index in [-0.39, 0.29) is 27.8 Å². The Hall–Kier alpha value is -4.22. The summed E-state index contributed by atoms with van der Waals surface area (Å²) in [4.78, 5) is 13.1. The van der Waals surface area contributed by atoms with Gasteiger partial charge in [-0.25, -0.2) is 18.4 Å². The number of hydrogen-bond acceptors (Lipinski definition) is 10. The summed E-state index contributed by atoms with van der Waals surface area (Å²) in [6.07, 6.45) is 3.43. The highest BCUT2D eigenvalue weighted by molar-refractivity contribution is 7.91. The highest BCUT2D eigenvalue weighted by Gasteiger charge is 2.21. The molecule has 3 N–H and O–H groups in total. The first-order valence-corrected chi connectivity index (χ1v) is 13.7. The predicted octanol–water partition coefficient (Wildman–Crippen LogP) is 4.33. The van der Waals surface area contributed by atoms with Gasteiger partial charge in [0.1, 0.15) is 23.9 Å². The summed E-state index contributed by atoms with van der Waals surface area (Å²) < 4.78 is 38.2. The maximum absolute atomic E-state index is 13.2. The average molecular weight is 533 g/mol. The van der Waals surface area contributed by atoms with Gasteiger partial charge in [-0.1, -0.05) is 30.3 Å². The van der Waals surface area contributed by atoms with Crippen molar-refractivity contribution in [3.63, 3.8) is 0 Å². The standard InChI is InChI=1S/C27H28N6O4S/c1-36-24-17-20(37-19-13-15-28-16-14-19)11-12-22(24)31-26-29-18-30-27(33-26)32-23-9-5-6-10-25(23)38(34,35)21-7-3-2-4-8-21/h2-12,17-19,28H,13-16H2,1H3,(H2,29,30,31,32,33). The minimum Gasteiger partial charge on any atom is -0.494 e. The number of aromatic nitrogens is 3. The molecular weight excluding hydrogens is 504 g/mol. The summed E-state index contributed by atoms with van der Waals surface area (Å²) >= 11 is 0. The molecule has 38 heavy (non-hydrogen) atoms. The van der Waals surface area contributed by atoms with Gasteiger partial charge >= 0.3 is 0 Å². The van der Waals surface area contributed by atoms with Crippen molar-refractivity contribution in [3.05, 3.63) is 79.1 Å². The monoisotopic (exact) mass is 532 g/mol. The number of piperidine rings is 1. The minimum atomic E-state index is -3.75. The van der Waals surface area contributed by atoms with Crippen LogP contribution in [0.3, 0.4) is 0 Å². The Labute approximate surface area is 221 Å². The molecule has 1 fully saturated rings. The quantitative estimate of drug-likeness (QED) is 0.287. The zero-order chi connectivity index (χ0) is 26.4. The van der Waals surface area contributed by atoms with Crippen LogP contribution in [0.2, 0.25) is 0 Å². The predicted molar refractivity (Wildman–Crippen MR) is 144 cm³/mol. The molecule has 11 heteroatoms. The Balaban J connectivity index is 1.34. The average Bonchev–Trinajstić information content (AvgIpc) is 2.95. The van der Waals surface area contributed by atoms with Crippen LogP contribution < -0.4 is 25.4 Å². The molecule has 10 nitrogen and oxygen atoms in total. The number of ether oxygens (including phenoxy) is 2. The summed E-state index contributed by atoms with van der Waals surface area (Å²) in [7, 11) is -2.17. The van der Waals surface area contributed by atoms with Crippen molar-refractivity contribution in [1.82, 2.24) is 20.3 Å². The highest BCUT2D eigenvalue weighted by atomic mass is 32.2. The van der Waals surface area contributed by atoms with Gasteiger partial charge < -0.3 is 25.4 Å². The fourth-order valence-corrected chi connectivity index (χ4v) is 5.58. The molecule has 1 saturated heterocycles. The van der Waals surface area contributed by atoms with E-state index in [1.165, 1.54) is 6.33 Å². The van der Waals surface area contributed by atoms with Crippen LogP contribution in [0.5, 0.6) is 11.5 Å². The van der Waals surface area contributed by atoms with Gasteiger partial charge in [0.25, 0.3) is 0 Å². The van der Waals surface area contributed by atoms with E-state index in [4.69, 9.17) is 9.47 Å². The van der Waals surface area contributed by atoms with E-state index in [2.05, 4.69) is 30.9 Å². The van der Waals surface area contributed by atoms with Gasteiger partial charge in [0.05, 0.1) is 28.3 Å². The molecule has 3 aromatic carbocycles. The van der Waals surface area contributed by atoms with E-state index in [9.17, 15) is 8.42 Å². The number of methoxy groups -OCH3 is 1. The number of rotatable bonds is 9. The zero-order valence-corrected chi connectivity index (χ0v) is 21.6. The molecule has 0 amide bonds. The smallest absolute Gasteiger partial charge is 0.232 e. The number of hydrogen-bond donors (Lipinski definition) is 3. The summed E-state index contributed by atoms with van der Waals surface area (Å²) in [5, 5.41) is 9.49. The van der Waals surface area contributed by atoms with Gasteiger partial charge in [0.15, 0.2) is 0 Å². The van der Waals surface area contributed by atoms with Crippen LogP contribution in [0.4, 0.5) is 23.3 Å². The lowest BCUT2D eigenvalue weighted by atomic mass is 10.1. The molecule has 1 aliphatic heterocycles. The van der Waals surface area contributed by atoms with Crippen LogP contribution in [-0.4, -0.2) is 49.7 Å². The Bertz CT molecular complexity index is 1490. The van der Waals surface area contributed by atoms with E-state index < -0.39 is 9.84 Å². The normalized spacial score (nSPS) is 14.0. The van der Waals surface area contributed by atoms with E-state index in [0.29, 0.717) is 17.1 Å². The lowest BCUT2D eigenvalue weighted by Gasteiger charge is -2.24. The molecule has 4 aromatic rings. The summed E-state index contributed by atoms with van der Waals surface area (Å²) in [5.74, 6) is 1.75. The van der Waals surface area contributed by atoms with Crippen molar-refractivity contribution >= 4 is 33.1 Å². The number of sulfone groups is 1. The van der Waals surface area contributed by atoms with Crippen molar-refractivity contribution in [1.29, 1.82) is 0 Å². The minimum absolute atomic E-state index is 0.118. The number of benzene rings is 3. The zero-order valence-electron chi connectivity index (χ0n) is 20.8. The third-order valence-electron chi connectivity index (χ3n) is 6.06. The summed E-state index contributed by atoms with van der Waals surface area (Å²) in [6, 6.07) is 20.4. The van der Waals surface area contributed by atoms with Gasteiger partial charge in [-0.2, -0.15) is 4.98 Å². The van der Waals surface area contributed by atoms with Crippen molar-refractivity contribution < 1.29 is 17.9 Å². The molecular formula is C27H28N6O4S. The lowest BCUT2D eigenvalue weighted by molar-refractivity contribution is 0.162. The Morgan fingerprint density at radius 2 is 1.55 bits per heavy atom. The van der Waals surface area contributed by atoms with Crippen molar-refractivity contribution in [2.24, 2.45) is 0 Å². The third-order valence-corrected chi connectivity index (χ3v) is 7.88. The van der Waals surface area contributed by atoms with Crippen molar-refractivity contribution in [2.45, 2.75) is 28.7 Å². The molecule has 1 aromatic heterocycles. The molecule has 0 radical (unpaired) electrons. The van der Waals surface area contributed by atoms with Crippen LogP contribution in [0.1, 0.15) is 12.8 Å². The fourth-order valence-electron chi connectivity index (χ4n) is 4.14. The number of nitrogens with one attached hydrogen (secondary N) is 3. The van der Waals surface area contributed by atoms with Crippen LogP contribution >= 0.6 is 0 Å². The Morgan fingerprint density at radius 3 is 2.29 bits per heavy atom. The molecule has 0 spiro atoms. The lowest BCUT2D eigenvalue weighted by Crippen LogP contribution is -2.34. The highest BCUT2D eigenvalue weighted by Crippen LogP contribution is 2.32. The van der Waals surface area contributed by atoms with Crippen LogP contribution in [0.25, 0.3) is 0 Å². The van der Waals surface area contributed by atoms with Crippen molar-refractivity contribution in [2.75, 3.05) is 30.8 Å². The van der Waals surface area contributed by atoms with Crippen LogP contribution in [-0.2, 0) is 9.84 Å². The van der Waals surface area contributed by atoms with Crippen molar-refractivity contribution in [3.8, 4) is 11.5 Å². The molecule has 0 aliphatic carbocycles. The molecule has 5 rings (SSSR count). The van der Waals surface area contributed by atoms with E-state index in [1.807, 2.05) is 18.2 Å². The summed E-state index contributed by atoms with van der Waals surface area (Å²) in [6.45, 7) is 1.89. The Kier molecular flexibility index (Phi) is 7.66. The molecule has 0 bridgehead atoms. The fraction of sp³-hybridized carbons (Fsp3) is 0.222. The first-order valence-electron chi connectivity index (χ1n) is 12.2. The molecule has 0 saturated carbocycles. The molecule has 2 heterocycles. The first kappa shape index (κ1) is 25.4. The maximum Gasteiger partial charge on any atom is 0.232 e. The van der Waals surface area contributed by atoms with E-state index in [0.717, 1.165) is 31.7 Å². The van der Waals surface area contributed by atoms with Crippen LogP contribution in [0, 0.1) is 0 Å².